The summed E-state index contributed by atoms with van der Waals surface area (Å²) in [4.78, 5) is 32.6. The Hall–Kier alpha value is -3.95. The Bertz CT molecular complexity index is 1410. The van der Waals surface area contributed by atoms with E-state index in [0.29, 0.717) is 28.7 Å². The van der Waals surface area contributed by atoms with Gasteiger partial charge in [0.2, 0.25) is 0 Å². The van der Waals surface area contributed by atoms with E-state index in [4.69, 9.17) is 0 Å². The number of nitrogens with zero attached hydrogens (tertiary/aromatic N) is 4. The van der Waals surface area contributed by atoms with Crippen molar-refractivity contribution in [3.05, 3.63) is 65.9 Å². The van der Waals surface area contributed by atoms with Crippen molar-refractivity contribution in [1.29, 1.82) is 0 Å². The molecule has 192 valence electrons. The fourth-order valence-corrected chi connectivity index (χ4v) is 4.80. The highest BCUT2D eigenvalue weighted by Gasteiger charge is 2.25. The average molecular weight is 506 g/mol. The summed E-state index contributed by atoms with van der Waals surface area (Å²) in [6.07, 6.45) is 11.8. The second kappa shape index (κ2) is 11.0. The molecule has 0 aromatic carbocycles. The number of H-pyrrole nitrogens is 1. The number of aromatic nitrogens is 5. The maximum Gasteiger partial charge on any atom is 0.270 e. The molecule has 0 aliphatic heterocycles. The molecule has 1 saturated carbocycles. The van der Waals surface area contributed by atoms with E-state index in [2.05, 4.69) is 42.5 Å². The van der Waals surface area contributed by atoms with Crippen LogP contribution in [-0.4, -0.2) is 42.9 Å². The molecule has 10 heteroatoms. The number of pyridine rings is 2. The van der Waals surface area contributed by atoms with Gasteiger partial charge in [-0.3, -0.25) is 9.78 Å². The van der Waals surface area contributed by atoms with Crippen LogP contribution in [0.4, 0.5) is 14.6 Å². The smallest absolute Gasteiger partial charge is 0.270 e. The number of aryl methyl sites for hydroxylation is 1. The summed E-state index contributed by atoms with van der Waals surface area (Å²) in [7, 11) is 0. The number of aromatic amines is 1. The highest BCUT2D eigenvalue weighted by atomic mass is 19.1. The molecule has 1 aliphatic rings. The lowest BCUT2D eigenvalue weighted by Gasteiger charge is -2.30. The van der Waals surface area contributed by atoms with Gasteiger partial charge in [-0.25, -0.2) is 23.7 Å². The van der Waals surface area contributed by atoms with Crippen LogP contribution in [0.25, 0.3) is 22.4 Å². The van der Waals surface area contributed by atoms with Gasteiger partial charge < -0.3 is 15.6 Å². The first-order valence-corrected chi connectivity index (χ1v) is 12.7. The van der Waals surface area contributed by atoms with Crippen LogP contribution in [-0.2, 0) is 6.42 Å². The largest absolute Gasteiger partial charge is 0.365 e. The van der Waals surface area contributed by atoms with Gasteiger partial charge in [0.25, 0.3) is 5.91 Å². The first-order chi connectivity index (χ1) is 18.0. The SMILES string of the molecule is CCCCc1ccnc(C(=O)N[C@H]2CCC[C@@H](Nc3nc(-c4c[nH]c5ncc(F)cc45)ncc3F)C2)c1. The van der Waals surface area contributed by atoms with E-state index in [0.717, 1.165) is 56.5 Å². The molecule has 0 bridgehead atoms. The Morgan fingerprint density at radius 1 is 1.14 bits per heavy atom. The zero-order valence-corrected chi connectivity index (χ0v) is 20.6. The van der Waals surface area contributed by atoms with Gasteiger partial charge >= 0.3 is 0 Å². The fraction of sp³-hybridized carbons (Fsp3) is 0.370. The number of halogens is 2. The fourth-order valence-electron chi connectivity index (χ4n) is 4.80. The molecule has 4 heterocycles. The minimum atomic E-state index is -0.577. The van der Waals surface area contributed by atoms with Crippen LogP contribution in [0.2, 0.25) is 0 Å². The molecule has 8 nitrogen and oxygen atoms in total. The number of carbonyl (C=O) groups is 1. The number of hydrogen-bond acceptors (Lipinski definition) is 6. The first kappa shape index (κ1) is 24.7. The van der Waals surface area contributed by atoms with Crippen LogP contribution in [0.1, 0.15) is 61.5 Å². The highest BCUT2D eigenvalue weighted by Crippen LogP contribution is 2.28. The number of carbonyl (C=O) groups excluding carboxylic acids is 1. The molecule has 0 spiro atoms. The van der Waals surface area contributed by atoms with Gasteiger partial charge in [0, 0.05) is 35.4 Å². The Morgan fingerprint density at radius 3 is 2.86 bits per heavy atom. The zero-order chi connectivity index (χ0) is 25.8. The van der Waals surface area contributed by atoms with Crippen molar-refractivity contribution in [1.82, 2.24) is 30.2 Å². The zero-order valence-electron chi connectivity index (χ0n) is 20.6. The number of fused-ring (bicyclic) bond motifs is 1. The van der Waals surface area contributed by atoms with Gasteiger partial charge in [0.05, 0.1) is 12.4 Å². The molecule has 0 unspecified atom stereocenters. The highest BCUT2D eigenvalue weighted by molar-refractivity contribution is 5.93. The van der Waals surface area contributed by atoms with E-state index >= 15 is 0 Å². The van der Waals surface area contributed by atoms with Gasteiger partial charge in [0.15, 0.2) is 17.5 Å². The van der Waals surface area contributed by atoms with Gasteiger partial charge in [-0.1, -0.05) is 13.3 Å². The van der Waals surface area contributed by atoms with Crippen molar-refractivity contribution in [3.63, 3.8) is 0 Å². The monoisotopic (exact) mass is 505 g/mol. The normalized spacial score (nSPS) is 17.6. The lowest BCUT2D eigenvalue weighted by Crippen LogP contribution is -2.42. The summed E-state index contributed by atoms with van der Waals surface area (Å²) in [5.74, 6) is -0.915. The topological polar surface area (TPSA) is 108 Å². The predicted octanol–water partition coefficient (Wildman–Crippen LogP) is 5.19. The van der Waals surface area contributed by atoms with Crippen LogP contribution < -0.4 is 10.6 Å². The van der Waals surface area contributed by atoms with Crippen molar-refractivity contribution in [2.75, 3.05) is 5.32 Å². The minimum Gasteiger partial charge on any atom is -0.365 e. The maximum absolute atomic E-state index is 14.7. The number of anilines is 1. The maximum atomic E-state index is 14.7. The summed E-state index contributed by atoms with van der Waals surface area (Å²) in [5, 5.41) is 6.81. The minimum absolute atomic E-state index is 0.0631. The molecule has 1 aliphatic carbocycles. The summed E-state index contributed by atoms with van der Waals surface area (Å²) in [6, 6.07) is 5.00. The molecule has 1 fully saturated rings. The standard InChI is InChI=1S/C27H29F2N7O/c1-2-3-5-16-8-9-30-23(10-16)27(37)35-19-7-4-6-18(12-19)34-26-22(29)15-33-25(36-26)21-14-32-24-20(21)11-17(28)13-31-24/h8-11,13-15,18-19H,2-7,12H2,1H3,(H,31,32)(H,35,37)(H,33,34,36)/t18-,19+/m1/s1. The second-order valence-electron chi connectivity index (χ2n) is 9.47. The van der Waals surface area contributed by atoms with E-state index < -0.39 is 11.6 Å². The van der Waals surface area contributed by atoms with Crippen LogP contribution in [0.15, 0.2) is 43.0 Å². The number of hydrogen-bond donors (Lipinski definition) is 3. The van der Waals surface area contributed by atoms with Gasteiger partial charge in [-0.05, 0) is 62.3 Å². The summed E-state index contributed by atoms with van der Waals surface area (Å²) in [5.41, 5.74) is 2.55. The van der Waals surface area contributed by atoms with E-state index in [9.17, 15) is 13.6 Å². The van der Waals surface area contributed by atoms with Crippen molar-refractivity contribution in [2.45, 2.75) is 64.0 Å². The molecular formula is C27H29F2N7O. The second-order valence-corrected chi connectivity index (χ2v) is 9.47. The Kier molecular flexibility index (Phi) is 7.34. The molecule has 0 radical (unpaired) electrons. The van der Waals surface area contributed by atoms with Gasteiger partial charge in [-0.2, -0.15) is 0 Å². The third kappa shape index (κ3) is 5.73. The summed E-state index contributed by atoms with van der Waals surface area (Å²) in [6.45, 7) is 2.14. The first-order valence-electron chi connectivity index (χ1n) is 12.7. The third-order valence-electron chi connectivity index (χ3n) is 6.71. The van der Waals surface area contributed by atoms with Crippen LogP contribution in [0.3, 0.4) is 0 Å². The molecule has 1 amide bonds. The van der Waals surface area contributed by atoms with E-state index in [1.165, 1.54) is 6.07 Å². The third-order valence-corrected chi connectivity index (χ3v) is 6.71. The van der Waals surface area contributed by atoms with E-state index in [1.54, 1.807) is 12.4 Å². The number of nitrogens with one attached hydrogen (secondary N) is 3. The molecule has 2 atom stereocenters. The number of amides is 1. The predicted molar refractivity (Wildman–Crippen MR) is 137 cm³/mol. The Labute approximate surface area is 213 Å². The lowest BCUT2D eigenvalue weighted by molar-refractivity contribution is 0.0921. The van der Waals surface area contributed by atoms with Crippen LogP contribution in [0.5, 0.6) is 0 Å². The van der Waals surface area contributed by atoms with Crippen LogP contribution in [0, 0.1) is 11.6 Å². The van der Waals surface area contributed by atoms with Crippen molar-refractivity contribution >= 4 is 22.8 Å². The average Bonchev–Trinajstić information content (AvgIpc) is 3.32. The number of rotatable bonds is 8. The summed E-state index contributed by atoms with van der Waals surface area (Å²) >= 11 is 0. The molecular weight excluding hydrogens is 476 g/mol. The van der Waals surface area contributed by atoms with Crippen LogP contribution >= 0.6 is 0 Å². The van der Waals surface area contributed by atoms with E-state index in [-0.39, 0.29) is 29.6 Å². The molecule has 3 N–H and O–H groups in total. The lowest BCUT2D eigenvalue weighted by atomic mass is 9.90. The van der Waals surface area contributed by atoms with Gasteiger partial charge in [0.1, 0.15) is 17.2 Å². The van der Waals surface area contributed by atoms with Crippen molar-refractivity contribution in [3.8, 4) is 11.4 Å². The molecule has 4 aromatic rings. The molecule has 37 heavy (non-hydrogen) atoms. The quantitative estimate of drug-likeness (QED) is 0.304. The van der Waals surface area contributed by atoms with Gasteiger partial charge in [-0.15, -0.1) is 0 Å². The number of unbranched alkanes of at least 4 members (excludes halogenated alkanes) is 1. The van der Waals surface area contributed by atoms with E-state index in [1.807, 2.05) is 12.1 Å². The van der Waals surface area contributed by atoms with Crippen molar-refractivity contribution < 1.29 is 13.6 Å². The van der Waals surface area contributed by atoms with Crippen molar-refractivity contribution in [2.24, 2.45) is 0 Å². The summed E-state index contributed by atoms with van der Waals surface area (Å²) < 4.78 is 28.4. The Morgan fingerprint density at radius 2 is 2.00 bits per heavy atom. The molecule has 0 saturated heterocycles. The molecule has 5 rings (SSSR count). The Balaban J connectivity index is 1.26. The molecule has 4 aromatic heterocycles.